The lowest BCUT2D eigenvalue weighted by atomic mass is 10.1. The summed E-state index contributed by atoms with van der Waals surface area (Å²) in [6, 6.07) is 9.34. The molecule has 2 rings (SSSR count). The molecule has 6 nitrogen and oxygen atoms in total. The van der Waals surface area contributed by atoms with E-state index in [0.717, 1.165) is 0 Å². The third-order valence-corrected chi connectivity index (χ3v) is 3.40. The summed E-state index contributed by atoms with van der Waals surface area (Å²) in [4.78, 5) is 23.7. The molecule has 0 fully saturated rings. The van der Waals surface area contributed by atoms with Crippen LogP contribution in [0.5, 0.6) is 23.0 Å². The highest BCUT2D eigenvalue weighted by atomic mass is 16.5. The van der Waals surface area contributed by atoms with Gasteiger partial charge >= 0.3 is 5.97 Å². The van der Waals surface area contributed by atoms with E-state index < -0.39 is 5.97 Å². The van der Waals surface area contributed by atoms with E-state index >= 15 is 0 Å². The van der Waals surface area contributed by atoms with Gasteiger partial charge in [0.2, 0.25) is 0 Å². The van der Waals surface area contributed by atoms with Gasteiger partial charge < -0.3 is 18.9 Å². The highest BCUT2D eigenvalue weighted by Gasteiger charge is 2.19. The van der Waals surface area contributed by atoms with Crippen molar-refractivity contribution in [3.05, 3.63) is 47.5 Å². The largest absolute Gasteiger partial charge is 0.496 e. The molecule has 0 radical (unpaired) electrons. The van der Waals surface area contributed by atoms with Gasteiger partial charge in [-0.2, -0.15) is 0 Å². The zero-order valence-electron chi connectivity index (χ0n) is 13.9. The second kappa shape index (κ2) is 7.50. The van der Waals surface area contributed by atoms with Crippen LogP contribution in [0.25, 0.3) is 0 Å². The molecular formula is C18H18O6. The van der Waals surface area contributed by atoms with Crippen LogP contribution in [0.2, 0.25) is 0 Å². The van der Waals surface area contributed by atoms with E-state index in [1.165, 1.54) is 34.3 Å². The van der Waals surface area contributed by atoms with Gasteiger partial charge in [-0.15, -0.1) is 0 Å². The quantitative estimate of drug-likeness (QED) is 0.460. The molecule has 0 saturated carbocycles. The van der Waals surface area contributed by atoms with Crippen molar-refractivity contribution in [2.24, 2.45) is 0 Å². The summed E-state index contributed by atoms with van der Waals surface area (Å²) >= 11 is 0. The normalized spacial score (nSPS) is 10.0. The Morgan fingerprint density at radius 1 is 0.792 bits per heavy atom. The molecule has 126 valence electrons. The molecule has 0 amide bonds. The van der Waals surface area contributed by atoms with Gasteiger partial charge in [0.25, 0.3) is 0 Å². The molecular weight excluding hydrogens is 312 g/mol. The van der Waals surface area contributed by atoms with Crippen LogP contribution < -0.4 is 18.9 Å². The fourth-order valence-corrected chi connectivity index (χ4v) is 2.11. The van der Waals surface area contributed by atoms with E-state index in [9.17, 15) is 9.59 Å². The first kappa shape index (κ1) is 17.3. The topological polar surface area (TPSA) is 71.1 Å². The maximum atomic E-state index is 12.4. The van der Waals surface area contributed by atoms with Gasteiger partial charge in [0, 0.05) is 17.7 Å². The van der Waals surface area contributed by atoms with Crippen molar-refractivity contribution in [1.82, 2.24) is 0 Å². The Kier molecular flexibility index (Phi) is 5.42. The Morgan fingerprint density at radius 3 is 1.83 bits per heavy atom. The fourth-order valence-electron chi connectivity index (χ4n) is 2.11. The van der Waals surface area contributed by atoms with Crippen molar-refractivity contribution in [2.75, 3.05) is 21.3 Å². The Labute approximate surface area is 139 Å². The predicted molar refractivity (Wildman–Crippen MR) is 87.5 cm³/mol. The molecule has 0 bridgehead atoms. The molecule has 0 unspecified atom stereocenters. The number of esters is 1. The number of hydrogen-bond acceptors (Lipinski definition) is 6. The summed E-state index contributed by atoms with van der Waals surface area (Å²) in [7, 11) is 4.41. The first-order chi connectivity index (χ1) is 11.5. The van der Waals surface area contributed by atoms with Gasteiger partial charge in [-0.25, -0.2) is 4.79 Å². The van der Waals surface area contributed by atoms with Gasteiger partial charge in [0.05, 0.1) is 21.3 Å². The lowest BCUT2D eigenvalue weighted by Gasteiger charge is -2.13. The van der Waals surface area contributed by atoms with Crippen LogP contribution in [0.4, 0.5) is 0 Å². The van der Waals surface area contributed by atoms with E-state index in [0.29, 0.717) is 28.6 Å². The van der Waals surface area contributed by atoms with E-state index in [4.69, 9.17) is 18.9 Å². The average molecular weight is 330 g/mol. The lowest BCUT2D eigenvalue weighted by Crippen LogP contribution is -2.11. The second-order valence-corrected chi connectivity index (χ2v) is 4.88. The van der Waals surface area contributed by atoms with E-state index in [2.05, 4.69) is 0 Å². The smallest absolute Gasteiger partial charge is 0.347 e. The third kappa shape index (κ3) is 3.65. The second-order valence-electron chi connectivity index (χ2n) is 4.88. The number of hydrogen-bond donors (Lipinski definition) is 0. The molecule has 24 heavy (non-hydrogen) atoms. The van der Waals surface area contributed by atoms with Crippen LogP contribution in [-0.4, -0.2) is 33.1 Å². The molecule has 0 atom stereocenters. The first-order valence-electron chi connectivity index (χ1n) is 7.13. The van der Waals surface area contributed by atoms with Crippen LogP contribution in [0.3, 0.4) is 0 Å². The van der Waals surface area contributed by atoms with Crippen molar-refractivity contribution in [3.63, 3.8) is 0 Å². The molecule has 6 heteroatoms. The summed E-state index contributed by atoms with van der Waals surface area (Å²) in [5.41, 5.74) is 0.740. The molecule has 0 aliphatic heterocycles. The standard InChI is InChI=1S/C18H18O6/c1-11(19)12-5-7-13(8-6-12)24-18(20)14-9-16(22-3)17(23-4)10-15(14)21-2/h5-10H,1-4H3. The molecule has 2 aromatic rings. The highest BCUT2D eigenvalue weighted by molar-refractivity contribution is 5.96. The van der Waals surface area contributed by atoms with Crippen molar-refractivity contribution < 1.29 is 28.5 Å². The van der Waals surface area contributed by atoms with Crippen molar-refractivity contribution in [1.29, 1.82) is 0 Å². The summed E-state index contributed by atoms with van der Waals surface area (Å²) in [6.45, 7) is 1.47. The van der Waals surface area contributed by atoms with Crippen molar-refractivity contribution >= 4 is 11.8 Å². The monoisotopic (exact) mass is 330 g/mol. The number of methoxy groups -OCH3 is 3. The van der Waals surface area contributed by atoms with Crippen LogP contribution in [0.1, 0.15) is 27.6 Å². The van der Waals surface area contributed by atoms with Gasteiger partial charge in [-0.05, 0) is 31.2 Å². The van der Waals surface area contributed by atoms with Crippen LogP contribution >= 0.6 is 0 Å². The molecule has 2 aromatic carbocycles. The number of ether oxygens (including phenoxy) is 4. The Hall–Kier alpha value is -3.02. The maximum Gasteiger partial charge on any atom is 0.347 e. The zero-order valence-corrected chi connectivity index (χ0v) is 13.9. The molecule has 0 aliphatic carbocycles. The average Bonchev–Trinajstić information content (AvgIpc) is 2.60. The maximum absolute atomic E-state index is 12.4. The van der Waals surface area contributed by atoms with Crippen LogP contribution in [0.15, 0.2) is 36.4 Å². The van der Waals surface area contributed by atoms with Gasteiger partial charge in [-0.3, -0.25) is 4.79 Å². The van der Waals surface area contributed by atoms with Gasteiger partial charge in [-0.1, -0.05) is 0 Å². The summed E-state index contributed by atoms with van der Waals surface area (Å²) in [5.74, 6) is 0.784. The van der Waals surface area contributed by atoms with E-state index in [1.54, 1.807) is 30.3 Å². The van der Waals surface area contributed by atoms with E-state index in [1.807, 2.05) is 0 Å². The Morgan fingerprint density at radius 2 is 1.33 bits per heavy atom. The van der Waals surface area contributed by atoms with Crippen molar-refractivity contribution in [2.45, 2.75) is 6.92 Å². The minimum atomic E-state index is -0.608. The van der Waals surface area contributed by atoms with Crippen molar-refractivity contribution in [3.8, 4) is 23.0 Å². The molecule has 0 spiro atoms. The number of rotatable bonds is 6. The Bertz CT molecular complexity index is 749. The summed E-state index contributed by atoms with van der Waals surface area (Å²) in [6.07, 6.45) is 0. The molecule has 0 N–H and O–H groups in total. The first-order valence-corrected chi connectivity index (χ1v) is 7.13. The predicted octanol–water partition coefficient (Wildman–Crippen LogP) is 3.13. The summed E-state index contributed by atoms with van der Waals surface area (Å²) < 4.78 is 20.9. The van der Waals surface area contributed by atoms with E-state index in [-0.39, 0.29) is 11.3 Å². The number of benzene rings is 2. The zero-order chi connectivity index (χ0) is 17.7. The number of Topliss-reactive ketones (excluding diaryl/α,β-unsaturated/α-hetero) is 1. The van der Waals surface area contributed by atoms with Crippen LogP contribution in [0, 0.1) is 0 Å². The molecule has 0 aliphatic rings. The van der Waals surface area contributed by atoms with Gasteiger partial charge in [0.15, 0.2) is 17.3 Å². The number of carbonyl (C=O) groups is 2. The van der Waals surface area contributed by atoms with Crippen LogP contribution in [-0.2, 0) is 0 Å². The SMILES string of the molecule is COc1cc(OC)c(C(=O)Oc2ccc(C(C)=O)cc2)cc1OC. The number of ketones is 1. The Balaban J connectivity index is 2.30. The lowest BCUT2D eigenvalue weighted by molar-refractivity contribution is 0.0730. The molecule has 0 aromatic heterocycles. The van der Waals surface area contributed by atoms with Gasteiger partial charge in [0.1, 0.15) is 17.1 Å². The highest BCUT2D eigenvalue weighted by Crippen LogP contribution is 2.35. The molecule has 0 saturated heterocycles. The minimum Gasteiger partial charge on any atom is -0.496 e. The fraction of sp³-hybridized carbons (Fsp3) is 0.222. The summed E-state index contributed by atoms with van der Waals surface area (Å²) in [5, 5.41) is 0. The minimum absolute atomic E-state index is 0.0607. The molecule has 0 heterocycles. The number of carbonyl (C=O) groups excluding carboxylic acids is 2. The third-order valence-electron chi connectivity index (χ3n) is 3.40.